The molecule has 0 spiro atoms. The van der Waals surface area contributed by atoms with E-state index in [0.29, 0.717) is 36.8 Å². The lowest BCUT2D eigenvalue weighted by Gasteiger charge is -2.23. The number of benzene rings is 2. The number of hydrogen-bond acceptors (Lipinski definition) is 6. The van der Waals surface area contributed by atoms with Crippen LogP contribution in [0.5, 0.6) is 11.5 Å². The lowest BCUT2D eigenvalue weighted by atomic mass is 9.90. The van der Waals surface area contributed by atoms with Crippen LogP contribution in [-0.4, -0.2) is 36.6 Å². The number of likely N-dealkylation sites (tertiary alicyclic amines) is 1. The molecule has 1 fully saturated rings. The van der Waals surface area contributed by atoms with Crippen molar-refractivity contribution in [3.63, 3.8) is 0 Å². The molecular formula is C21H28ClN3O4. The maximum absolute atomic E-state index is 11.7. The Labute approximate surface area is 177 Å². The highest BCUT2D eigenvalue weighted by Crippen LogP contribution is 2.37. The molecule has 0 aromatic heterocycles. The maximum Gasteiger partial charge on any atom is 0.277 e. The van der Waals surface area contributed by atoms with E-state index < -0.39 is 0 Å². The Morgan fingerprint density at radius 1 is 1.24 bits per heavy atom. The molecule has 0 bridgehead atoms. The van der Waals surface area contributed by atoms with Crippen molar-refractivity contribution < 1.29 is 14.4 Å². The highest BCUT2D eigenvalue weighted by Gasteiger charge is 2.33. The van der Waals surface area contributed by atoms with Gasteiger partial charge in [-0.25, -0.2) is 0 Å². The number of rotatable bonds is 8. The van der Waals surface area contributed by atoms with Crippen molar-refractivity contribution in [3.05, 3.63) is 63.7 Å². The summed E-state index contributed by atoms with van der Waals surface area (Å²) in [6.07, 6.45) is 0.993. The van der Waals surface area contributed by atoms with E-state index in [9.17, 15) is 10.1 Å². The van der Waals surface area contributed by atoms with Gasteiger partial charge in [0.25, 0.3) is 5.69 Å². The SMILES string of the molecule is COc1cc(CN2CCC(C)(CN)C2)c([N+](=O)[O-])cc1OCc1ccccc1.Cl. The van der Waals surface area contributed by atoms with E-state index in [0.717, 1.165) is 25.1 Å². The molecule has 8 heteroatoms. The van der Waals surface area contributed by atoms with E-state index in [1.165, 1.54) is 6.07 Å². The molecule has 2 aromatic rings. The van der Waals surface area contributed by atoms with Crippen molar-refractivity contribution in [2.75, 3.05) is 26.7 Å². The second-order valence-corrected chi connectivity index (χ2v) is 7.64. The van der Waals surface area contributed by atoms with Gasteiger partial charge in [-0.2, -0.15) is 0 Å². The average Bonchev–Trinajstić information content (AvgIpc) is 3.08. The summed E-state index contributed by atoms with van der Waals surface area (Å²) in [6.45, 7) is 5.27. The zero-order valence-corrected chi connectivity index (χ0v) is 17.6. The van der Waals surface area contributed by atoms with E-state index in [2.05, 4.69) is 11.8 Å². The lowest BCUT2D eigenvalue weighted by Crippen LogP contribution is -2.31. The van der Waals surface area contributed by atoms with E-state index >= 15 is 0 Å². The monoisotopic (exact) mass is 421 g/mol. The summed E-state index contributed by atoms with van der Waals surface area (Å²) in [7, 11) is 1.54. The number of nitrogens with two attached hydrogens (primary N) is 1. The first-order chi connectivity index (χ1) is 13.4. The van der Waals surface area contributed by atoms with E-state index in [1.807, 2.05) is 30.3 Å². The van der Waals surface area contributed by atoms with Crippen molar-refractivity contribution >= 4 is 18.1 Å². The van der Waals surface area contributed by atoms with Crippen molar-refractivity contribution in [2.24, 2.45) is 11.1 Å². The number of hydrogen-bond donors (Lipinski definition) is 1. The summed E-state index contributed by atoms with van der Waals surface area (Å²) in [5, 5.41) is 11.7. The fourth-order valence-electron chi connectivity index (χ4n) is 3.56. The Hall–Kier alpha value is -2.35. The standard InChI is InChI=1S/C21H27N3O4.ClH/c1-21(14-22)8-9-23(15-21)12-17-10-19(27-2)20(11-18(17)24(25)26)28-13-16-6-4-3-5-7-16;/h3-7,10-11H,8-9,12-15,22H2,1-2H3;1H. The van der Waals surface area contributed by atoms with Gasteiger partial charge in [-0.05, 0) is 36.6 Å². The third kappa shape index (κ3) is 5.59. The molecular weight excluding hydrogens is 394 g/mol. The average molecular weight is 422 g/mol. The third-order valence-electron chi connectivity index (χ3n) is 5.32. The predicted molar refractivity (Wildman–Crippen MR) is 115 cm³/mol. The number of nitro benzene ring substituents is 1. The van der Waals surface area contributed by atoms with Crippen LogP contribution in [0.4, 0.5) is 5.69 Å². The van der Waals surface area contributed by atoms with Gasteiger partial charge in [-0.1, -0.05) is 37.3 Å². The highest BCUT2D eigenvalue weighted by atomic mass is 35.5. The number of methoxy groups -OCH3 is 1. The molecule has 1 saturated heterocycles. The van der Waals surface area contributed by atoms with E-state index in [1.54, 1.807) is 13.2 Å². The number of halogens is 1. The molecule has 0 aliphatic carbocycles. The van der Waals surface area contributed by atoms with Gasteiger partial charge in [0.05, 0.1) is 18.1 Å². The minimum absolute atomic E-state index is 0. The summed E-state index contributed by atoms with van der Waals surface area (Å²) < 4.78 is 11.3. The molecule has 1 heterocycles. The Morgan fingerprint density at radius 3 is 2.55 bits per heavy atom. The summed E-state index contributed by atoms with van der Waals surface area (Å²) in [6, 6.07) is 12.8. The first-order valence-electron chi connectivity index (χ1n) is 9.38. The number of nitrogens with zero attached hydrogens (tertiary/aromatic N) is 2. The van der Waals surface area contributed by atoms with Crippen LogP contribution < -0.4 is 15.2 Å². The smallest absolute Gasteiger partial charge is 0.277 e. The molecule has 7 nitrogen and oxygen atoms in total. The minimum Gasteiger partial charge on any atom is -0.493 e. The van der Waals surface area contributed by atoms with Crippen LogP contribution in [0.15, 0.2) is 42.5 Å². The normalized spacial score (nSPS) is 18.9. The van der Waals surface area contributed by atoms with E-state index in [4.69, 9.17) is 15.2 Å². The molecule has 158 valence electrons. The molecule has 2 aromatic carbocycles. The van der Waals surface area contributed by atoms with Crippen LogP contribution in [0.25, 0.3) is 0 Å². The molecule has 0 amide bonds. The van der Waals surface area contributed by atoms with Crippen LogP contribution in [0.3, 0.4) is 0 Å². The molecule has 29 heavy (non-hydrogen) atoms. The molecule has 0 saturated carbocycles. The first-order valence-corrected chi connectivity index (χ1v) is 9.38. The number of ether oxygens (including phenoxy) is 2. The molecule has 1 unspecified atom stereocenters. The molecule has 1 atom stereocenters. The fourth-order valence-corrected chi connectivity index (χ4v) is 3.56. The molecule has 1 aliphatic heterocycles. The lowest BCUT2D eigenvalue weighted by molar-refractivity contribution is -0.385. The van der Waals surface area contributed by atoms with Crippen molar-refractivity contribution in [1.82, 2.24) is 4.90 Å². The largest absolute Gasteiger partial charge is 0.493 e. The molecule has 1 aliphatic rings. The van der Waals surface area contributed by atoms with Gasteiger partial charge in [0.1, 0.15) is 6.61 Å². The summed E-state index contributed by atoms with van der Waals surface area (Å²) in [4.78, 5) is 13.5. The van der Waals surface area contributed by atoms with Crippen molar-refractivity contribution in [2.45, 2.75) is 26.5 Å². The van der Waals surface area contributed by atoms with Crippen LogP contribution in [0.1, 0.15) is 24.5 Å². The van der Waals surface area contributed by atoms with Crippen LogP contribution >= 0.6 is 12.4 Å². The van der Waals surface area contributed by atoms with E-state index in [-0.39, 0.29) is 28.4 Å². The topological polar surface area (TPSA) is 90.9 Å². The van der Waals surface area contributed by atoms with Gasteiger partial charge in [0.2, 0.25) is 0 Å². The van der Waals surface area contributed by atoms with Gasteiger partial charge in [0.15, 0.2) is 11.5 Å². The van der Waals surface area contributed by atoms with Gasteiger partial charge in [-0.15, -0.1) is 12.4 Å². The maximum atomic E-state index is 11.7. The zero-order valence-electron chi connectivity index (χ0n) is 16.8. The fraction of sp³-hybridized carbons (Fsp3) is 0.429. The van der Waals surface area contributed by atoms with Gasteiger partial charge < -0.3 is 15.2 Å². The second kappa shape index (κ2) is 9.91. The van der Waals surface area contributed by atoms with Crippen LogP contribution in [0, 0.1) is 15.5 Å². The van der Waals surface area contributed by atoms with Gasteiger partial charge >= 0.3 is 0 Å². The first kappa shape index (κ1) is 22.9. The van der Waals surface area contributed by atoms with Gasteiger partial charge in [-0.3, -0.25) is 15.0 Å². The molecule has 0 radical (unpaired) electrons. The van der Waals surface area contributed by atoms with Crippen molar-refractivity contribution in [1.29, 1.82) is 0 Å². The van der Waals surface area contributed by atoms with Gasteiger partial charge in [0, 0.05) is 18.7 Å². The Morgan fingerprint density at radius 2 is 1.97 bits per heavy atom. The summed E-state index contributed by atoms with van der Waals surface area (Å²) in [5.41, 5.74) is 7.59. The quantitative estimate of drug-likeness (QED) is 0.515. The minimum atomic E-state index is -0.359. The Kier molecular flexibility index (Phi) is 7.84. The molecule has 3 rings (SSSR count). The van der Waals surface area contributed by atoms with Crippen LogP contribution in [-0.2, 0) is 13.2 Å². The third-order valence-corrected chi connectivity index (χ3v) is 5.32. The Balaban J connectivity index is 0.00000300. The zero-order chi connectivity index (χ0) is 20.1. The summed E-state index contributed by atoms with van der Waals surface area (Å²) >= 11 is 0. The van der Waals surface area contributed by atoms with Crippen molar-refractivity contribution in [3.8, 4) is 11.5 Å². The highest BCUT2D eigenvalue weighted by molar-refractivity contribution is 5.85. The number of nitro groups is 1. The summed E-state index contributed by atoms with van der Waals surface area (Å²) in [5.74, 6) is 0.868. The predicted octanol–water partition coefficient (Wildman–Crippen LogP) is 3.77. The Bertz CT molecular complexity index is 834. The second-order valence-electron chi connectivity index (χ2n) is 7.64. The van der Waals surface area contributed by atoms with Crippen LogP contribution in [0.2, 0.25) is 0 Å². The molecule has 2 N–H and O–H groups in total.